The molecule has 0 aromatic carbocycles. The zero-order chi connectivity index (χ0) is 10.6. The van der Waals surface area contributed by atoms with Gasteiger partial charge in [-0.2, -0.15) is 0 Å². The first-order chi connectivity index (χ1) is 6.59. The molecule has 3 heteroatoms. The molecule has 1 atom stereocenters. The minimum Gasteiger partial charge on any atom is -0.395 e. The minimum absolute atomic E-state index is 0.0685. The van der Waals surface area contributed by atoms with Crippen LogP contribution >= 0.6 is 0 Å². The van der Waals surface area contributed by atoms with Gasteiger partial charge >= 0.3 is 0 Å². The van der Waals surface area contributed by atoms with Gasteiger partial charge in [-0.05, 0) is 31.3 Å². The number of piperidine rings is 1. The second-order valence-corrected chi connectivity index (χ2v) is 4.91. The zero-order valence-corrected chi connectivity index (χ0v) is 9.50. The predicted octanol–water partition coefficient (Wildman–Crippen LogP) is 0.818. The summed E-state index contributed by atoms with van der Waals surface area (Å²) in [5, 5.41) is 8.86. The zero-order valence-electron chi connectivity index (χ0n) is 9.50. The molecule has 1 saturated heterocycles. The van der Waals surface area contributed by atoms with Crippen molar-refractivity contribution in [2.75, 3.05) is 26.2 Å². The third-order valence-electron chi connectivity index (χ3n) is 3.64. The van der Waals surface area contributed by atoms with E-state index >= 15 is 0 Å². The lowest BCUT2D eigenvalue weighted by atomic mass is 9.78. The smallest absolute Gasteiger partial charge is 0.0595 e. The third kappa shape index (κ3) is 3.23. The Morgan fingerprint density at radius 2 is 2.00 bits per heavy atom. The van der Waals surface area contributed by atoms with Crippen molar-refractivity contribution in [1.29, 1.82) is 0 Å². The fraction of sp³-hybridized carbons (Fsp3) is 1.00. The average molecular weight is 200 g/mol. The number of nitrogens with zero attached hydrogens (tertiary/aromatic N) is 1. The van der Waals surface area contributed by atoms with E-state index in [4.69, 9.17) is 10.8 Å². The Morgan fingerprint density at radius 1 is 1.43 bits per heavy atom. The number of aliphatic hydroxyl groups excluding tert-OH is 1. The molecule has 0 aromatic heterocycles. The van der Waals surface area contributed by atoms with Crippen LogP contribution in [-0.4, -0.2) is 42.3 Å². The molecule has 0 aliphatic carbocycles. The third-order valence-corrected chi connectivity index (χ3v) is 3.64. The van der Waals surface area contributed by atoms with Crippen LogP contribution in [0.1, 0.15) is 33.1 Å². The molecule has 1 aliphatic heterocycles. The topological polar surface area (TPSA) is 49.5 Å². The van der Waals surface area contributed by atoms with Gasteiger partial charge in [0.25, 0.3) is 0 Å². The minimum atomic E-state index is -0.0685. The van der Waals surface area contributed by atoms with E-state index < -0.39 is 0 Å². The Labute approximate surface area is 87.3 Å². The fourth-order valence-corrected chi connectivity index (χ4v) is 2.02. The number of hydrogen-bond acceptors (Lipinski definition) is 3. The van der Waals surface area contributed by atoms with Gasteiger partial charge in [-0.3, -0.25) is 0 Å². The van der Waals surface area contributed by atoms with Gasteiger partial charge in [-0.15, -0.1) is 0 Å². The first-order valence-corrected chi connectivity index (χ1v) is 5.68. The molecule has 3 nitrogen and oxygen atoms in total. The van der Waals surface area contributed by atoms with E-state index in [2.05, 4.69) is 18.7 Å². The first-order valence-electron chi connectivity index (χ1n) is 5.68. The summed E-state index contributed by atoms with van der Waals surface area (Å²) in [6.45, 7) is 7.86. The molecule has 14 heavy (non-hydrogen) atoms. The number of hydrogen-bond donors (Lipinski definition) is 2. The summed E-state index contributed by atoms with van der Waals surface area (Å²) in [5.74, 6) is 0. The number of rotatable bonds is 4. The quantitative estimate of drug-likeness (QED) is 0.706. The highest BCUT2D eigenvalue weighted by Gasteiger charge is 2.28. The molecule has 84 valence electrons. The molecule has 1 fully saturated rings. The highest BCUT2D eigenvalue weighted by Crippen LogP contribution is 2.33. The molecule has 3 N–H and O–H groups in total. The maximum atomic E-state index is 8.86. The summed E-state index contributed by atoms with van der Waals surface area (Å²) in [7, 11) is 0. The first kappa shape index (κ1) is 12.0. The summed E-state index contributed by atoms with van der Waals surface area (Å²) in [6, 6.07) is -0.0685. The van der Waals surface area contributed by atoms with Gasteiger partial charge in [0.2, 0.25) is 0 Å². The maximum absolute atomic E-state index is 8.86. The van der Waals surface area contributed by atoms with E-state index in [0.29, 0.717) is 5.41 Å². The predicted molar refractivity (Wildman–Crippen MR) is 59.1 cm³/mol. The van der Waals surface area contributed by atoms with Crippen molar-refractivity contribution < 1.29 is 5.11 Å². The molecular weight excluding hydrogens is 176 g/mol. The molecule has 1 heterocycles. The Morgan fingerprint density at radius 3 is 2.43 bits per heavy atom. The molecule has 1 unspecified atom stereocenters. The Balaban J connectivity index is 2.29. The van der Waals surface area contributed by atoms with Crippen LogP contribution in [0.3, 0.4) is 0 Å². The van der Waals surface area contributed by atoms with Gasteiger partial charge in [-0.1, -0.05) is 20.3 Å². The fourth-order valence-electron chi connectivity index (χ4n) is 2.02. The van der Waals surface area contributed by atoms with Crippen LogP contribution in [0.5, 0.6) is 0 Å². The lowest BCUT2D eigenvalue weighted by molar-refractivity contribution is 0.102. The van der Waals surface area contributed by atoms with E-state index in [-0.39, 0.29) is 12.6 Å². The van der Waals surface area contributed by atoms with Crippen molar-refractivity contribution in [2.45, 2.75) is 39.2 Å². The second kappa shape index (κ2) is 5.10. The van der Waals surface area contributed by atoms with Crippen LogP contribution < -0.4 is 5.73 Å². The van der Waals surface area contributed by atoms with Crippen molar-refractivity contribution in [2.24, 2.45) is 11.1 Å². The van der Waals surface area contributed by atoms with Gasteiger partial charge < -0.3 is 15.7 Å². The summed E-state index contributed by atoms with van der Waals surface area (Å²) < 4.78 is 0. The molecule has 1 aliphatic rings. The standard InChI is InChI=1S/C11H24N2O/c1-3-11(2)4-6-13(7-5-11)8-10(12)9-14/h10,14H,3-9,12H2,1-2H3. The summed E-state index contributed by atoms with van der Waals surface area (Å²) in [4.78, 5) is 2.37. The Bertz CT molecular complexity index is 165. The summed E-state index contributed by atoms with van der Waals surface area (Å²) in [5.41, 5.74) is 6.25. The Kier molecular flexibility index (Phi) is 4.35. The Hall–Kier alpha value is -0.120. The van der Waals surface area contributed by atoms with Crippen molar-refractivity contribution >= 4 is 0 Å². The summed E-state index contributed by atoms with van der Waals surface area (Å²) >= 11 is 0. The number of aliphatic hydroxyl groups is 1. The largest absolute Gasteiger partial charge is 0.395 e. The van der Waals surface area contributed by atoms with Crippen LogP contribution in [0.2, 0.25) is 0 Å². The number of nitrogens with two attached hydrogens (primary N) is 1. The second-order valence-electron chi connectivity index (χ2n) is 4.91. The van der Waals surface area contributed by atoms with E-state index in [1.807, 2.05) is 0 Å². The SMILES string of the molecule is CCC1(C)CCN(CC(N)CO)CC1. The van der Waals surface area contributed by atoms with Gasteiger partial charge in [0, 0.05) is 12.6 Å². The molecule has 0 saturated carbocycles. The maximum Gasteiger partial charge on any atom is 0.0595 e. The van der Waals surface area contributed by atoms with E-state index in [1.54, 1.807) is 0 Å². The van der Waals surface area contributed by atoms with E-state index in [9.17, 15) is 0 Å². The van der Waals surface area contributed by atoms with E-state index in [0.717, 1.165) is 19.6 Å². The van der Waals surface area contributed by atoms with Gasteiger partial charge in [-0.25, -0.2) is 0 Å². The van der Waals surface area contributed by atoms with Crippen LogP contribution in [-0.2, 0) is 0 Å². The van der Waals surface area contributed by atoms with E-state index in [1.165, 1.54) is 19.3 Å². The van der Waals surface area contributed by atoms with Crippen LogP contribution in [0.25, 0.3) is 0 Å². The molecule has 0 bridgehead atoms. The molecule has 1 rings (SSSR count). The monoisotopic (exact) mass is 200 g/mol. The molecular formula is C11H24N2O. The van der Waals surface area contributed by atoms with Crippen LogP contribution in [0, 0.1) is 5.41 Å². The molecule has 0 aromatic rings. The van der Waals surface area contributed by atoms with Crippen molar-refractivity contribution in [3.8, 4) is 0 Å². The average Bonchev–Trinajstić information content (AvgIpc) is 2.21. The van der Waals surface area contributed by atoms with Crippen molar-refractivity contribution in [1.82, 2.24) is 4.90 Å². The van der Waals surface area contributed by atoms with Crippen molar-refractivity contribution in [3.63, 3.8) is 0 Å². The van der Waals surface area contributed by atoms with Gasteiger partial charge in [0.1, 0.15) is 0 Å². The van der Waals surface area contributed by atoms with Crippen molar-refractivity contribution in [3.05, 3.63) is 0 Å². The molecule has 0 radical (unpaired) electrons. The highest BCUT2D eigenvalue weighted by molar-refractivity contribution is 4.82. The van der Waals surface area contributed by atoms with Gasteiger partial charge in [0.15, 0.2) is 0 Å². The highest BCUT2D eigenvalue weighted by atomic mass is 16.3. The summed E-state index contributed by atoms with van der Waals surface area (Å²) in [6.07, 6.45) is 3.80. The van der Waals surface area contributed by atoms with Crippen LogP contribution in [0.15, 0.2) is 0 Å². The lowest BCUT2D eigenvalue weighted by Crippen LogP contribution is -2.45. The number of likely N-dealkylation sites (tertiary alicyclic amines) is 1. The molecule has 0 spiro atoms. The lowest BCUT2D eigenvalue weighted by Gasteiger charge is -2.39. The van der Waals surface area contributed by atoms with Crippen LogP contribution in [0.4, 0.5) is 0 Å². The normalized spacial score (nSPS) is 24.9. The van der Waals surface area contributed by atoms with Gasteiger partial charge in [0.05, 0.1) is 6.61 Å². The molecule has 0 amide bonds.